The van der Waals surface area contributed by atoms with Crippen LogP contribution in [0.25, 0.3) is 0 Å². The SMILES string of the molecule is C=C(O)[C@H](CCCNC1(N)CCC1C)N=NN. The highest BCUT2D eigenvalue weighted by atomic mass is 16.3. The zero-order valence-corrected chi connectivity index (χ0v) is 10.4. The molecule has 6 nitrogen and oxygen atoms in total. The fourth-order valence-electron chi connectivity index (χ4n) is 1.99. The summed E-state index contributed by atoms with van der Waals surface area (Å²) >= 11 is 0. The van der Waals surface area contributed by atoms with Crippen LogP contribution in [-0.2, 0) is 0 Å². The molecule has 0 saturated heterocycles. The maximum Gasteiger partial charge on any atom is 0.129 e. The van der Waals surface area contributed by atoms with Crippen LogP contribution < -0.4 is 16.9 Å². The molecule has 0 aliphatic heterocycles. The minimum Gasteiger partial charge on any atom is -0.511 e. The number of nitrogens with two attached hydrogens (primary N) is 2. The van der Waals surface area contributed by atoms with Gasteiger partial charge in [-0.3, -0.25) is 5.32 Å². The quantitative estimate of drug-likeness (QED) is 0.134. The number of hydrogen-bond donors (Lipinski definition) is 4. The van der Waals surface area contributed by atoms with Crippen LogP contribution in [0.1, 0.15) is 32.6 Å². The summed E-state index contributed by atoms with van der Waals surface area (Å²) < 4.78 is 0. The van der Waals surface area contributed by atoms with E-state index in [4.69, 9.17) is 11.6 Å². The van der Waals surface area contributed by atoms with E-state index in [1.54, 1.807) is 0 Å². The molecule has 0 amide bonds. The molecule has 0 radical (unpaired) electrons. The largest absolute Gasteiger partial charge is 0.511 e. The van der Waals surface area contributed by atoms with Crippen LogP contribution in [0.4, 0.5) is 0 Å². The van der Waals surface area contributed by atoms with E-state index in [9.17, 15) is 5.11 Å². The van der Waals surface area contributed by atoms with E-state index in [0.29, 0.717) is 12.3 Å². The standard InChI is InChI=1S/C11H23N5O/c1-8-5-6-11(8,12)14-7-3-4-10(9(2)17)15-16-13/h8,10,14,17H,2-7,12H2,1H3,(H2,13,15)/t8?,10-,11?/m0/s1. The molecule has 1 rings (SSSR count). The monoisotopic (exact) mass is 241 g/mol. The lowest BCUT2D eigenvalue weighted by Gasteiger charge is -2.45. The summed E-state index contributed by atoms with van der Waals surface area (Å²) in [5.41, 5.74) is 5.93. The molecule has 17 heavy (non-hydrogen) atoms. The van der Waals surface area contributed by atoms with Gasteiger partial charge in [0.15, 0.2) is 0 Å². The third-order valence-electron chi connectivity index (χ3n) is 3.57. The van der Waals surface area contributed by atoms with Gasteiger partial charge in [-0.05, 0) is 38.1 Å². The third kappa shape index (κ3) is 3.67. The van der Waals surface area contributed by atoms with Gasteiger partial charge in [-0.25, -0.2) is 0 Å². The van der Waals surface area contributed by atoms with Crippen molar-refractivity contribution < 1.29 is 5.11 Å². The van der Waals surface area contributed by atoms with Gasteiger partial charge in [0, 0.05) is 0 Å². The molecule has 3 atom stereocenters. The van der Waals surface area contributed by atoms with Crippen molar-refractivity contribution in [2.24, 2.45) is 27.8 Å². The van der Waals surface area contributed by atoms with Gasteiger partial charge in [0.25, 0.3) is 0 Å². The van der Waals surface area contributed by atoms with Crippen molar-refractivity contribution >= 4 is 0 Å². The Morgan fingerprint density at radius 2 is 2.41 bits per heavy atom. The van der Waals surface area contributed by atoms with Crippen molar-refractivity contribution in [3.63, 3.8) is 0 Å². The Morgan fingerprint density at radius 1 is 1.71 bits per heavy atom. The summed E-state index contributed by atoms with van der Waals surface area (Å²) in [7, 11) is 0. The van der Waals surface area contributed by atoms with Crippen molar-refractivity contribution in [2.45, 2.75) is 44.3 Å². The highest BCUT2D eigenvalue weighted by Crippen LogP contribution is 2.33. The topological polar surface area (TPSA) is 109 Å². The van der Waals surface area contributed by atoms with Gasteiger partial charge >= 0.3 is 0 Å². The summed E-state index contributed by atoms with van der Waals surface area (Å²) in [6.07, 6.45) is 3.70. The Balaban J connectivity index is 2.21. The maximum atomic E-state index is 9.25. The first-order valence-corrected chi connectivity index (χ1v) is 6.01. The van der Waals surface area contributed by atoms with Crippen LogP contribution in [0.2, 0.25) is 0 Å². The fraction of sp³-hybridized carbons (Fsp3) is 0.818. The zero-order chi connectivity index (χ0) is 12.9. The summed E-state index contributed by atoms with van der Waals surface area (Å²) in [4.78, 5) is 0. The molecule has 6 N–H and O–H groups in total. The molecule has 0 aromatic rings. The van der Waals surface area contributed by atoms with Crippen LogP contribution >= 0.6 is 0 Å². The molecule has 0 heterocycles. The van der Waals surface area contributed by atoms with Gasteiger partial charge in [0.1, 0.15) is 11.8 Å². The Labute approximate surface area is 102 Å². The van der Waals surface area contributed by atoms with Crippen molar-refractivity contribution in [1.82, 2.24) is 5.32 Å². The predicted octanol–water partition coefficient (Wildman–Crippen LogP) is 1.21. The average molecular weight is 241 g/mol. The second-order valence-electron chi connectivity index (χ2n) is 4.79. The van der Waals surface area contributed by atoms with Gasteiger partial charge in [0.2, 0.25) is 0 Å². The number of nitrogens with one attached hydrogen (secondary N) is 1. The summed E-state index contributed by atoms with van der Waals surface area (Å²) in [6, 6.07) is -0.408. The van der Waals surface area contributed by atoms with Crippen molar-refractivity contribution in [2.75, 3.05) is 6.54 Å². The smallest absolute Gasteiger partial charge is 0.129 e. The van der Waals surface area contributed by atoms with Gasteiger partial charge in [-0.1, -0.05) is 18.7 Å². The minimum absolute atomic E-state index is 0.00123. The summed E-state index contributed by atoms with van der Waals surface area (Å²) in [5.74, 6) is 5.48. The van der Waals surface area contributed by atoms with E-state index in [1.165, 1.54) is 6.42 Å². The Kier molecular flexibility index (Phi) is 4.89. The fourth-order valence-corrected chi connectivity index (χ4v) is 1.99. The molecule has 1 aliphatic carbocycles. The van der Waals surface area contributed by atoms with Gasteiger partial charge in [-0.15, -0.1) is 0 Å². The van der Waals surface area contributed by atoms with Crippen molar-refractivity contribution in [3.8, 4) is 0 Å². The van der Waals surface area contributed by atoms with Crippen molar-refractivity contribution in [3.05, 3.63) is 12.3 Å². The zero-order valence-electron chi connectivity index (χ0n) is 10.4. The first kappa shape index (κ1) is 13.9. The van der Waals surface area contributed by atoms with Gasteiger partial charge in [0.05, 0.1) is 5.66 Å². The van der Waals surface area contributed by atoms with E-state index in [1.807, 2.05) is 0 Å². The van der Waals surface area contributed by atoms with Crippen LogP contribution in [-0.4, -0.2) is 23.4 Å². The molecule has 0 bridgehead atoms. The predicted molar refractivity (Wildman–Crippen MR) is 67.2 cm³/mol. The highest BCUT2D eigenvalue weighted by Gasteiger charge is 2.39. The first-order chi connectivity index (χ1) is 7.99. The highest BCUT2D eigenvalue weighted by molar-refractivity contribution is 4.97. The molecule has 2 unspecified atom stereocenters. The number of hydrogen-bond acceptors (Lipinski definition) is 5. The van der Waals surface area contributed by atoms with Crippen LogP contribution in [0.3, 0.4) is 0 Å². The van der Waals surface area contributed by atoms with Gasteiger partial charge in [-0.2, -0.15) is 5.11 Å². The minimum atomic E-state index is -0.408. The summed E-state index contributed by atoms with van der Waals surface area (Å²) in [5, 5.41) is 19.5. The normalized spacial score (nSPS) is 30.1. The molecule has 0 aromatic heterocycles. The molecule has 0 aromatic carbocycles. The molecule has 1 aliphatic rings. The van der Waals surface area contributed by atoms with Crippen LogP contribution in [0.15, 0.2) is 22.7 Å². The van der Waals surface area contributed by atoms with E-state index in [2.05, 4.69) is 29.2 Å². The Morgan fingerprint density at radius 3 is 2.82 bits per heavy atom. The lowest BCUT2D eigenvalue weighted by Crippen LogP contribution is -2.64. The van der Waals surface area contributed by atoms with E-state index >= 15 is 0 Å². The Bertz CT molecular complexity index is 294. The van der Waals surface area contributed by atoms with Gasteiger partial charge < -0.3 is 16.7 Å². The molecular weight excluding hydrogens is 218 g/mol. The Hall–Kier alpha value is -1.14. The third-order valence-corrected chi connectivity index (χ3v) is 3.57. The van der Waals surface area contributed by atoms with E-state index < -0.39 is 6.04 Å². The average Bonchev–Trinajstić information content (AvgIpc) is 2.30. The molecule has 1 fully saturated rings. The lowest BCUT2D eigenvalue weighted by molar-refractivity contribution is 0.103. The number of nitrogens with zero attached hydrogens (tertiary/aromatic N) is 2. The second kappa shape index (κ2) is 5.97. The molecule has 1 saturated carbocycles. The number of aliphatic hydroxyl groups excluding tert-OH is 1. The molecule has 0 spiro atoms. The van der Waals surface area contributed by atoms with E-state index in [-0.39, 0.29) is 11.4 Å². The van der Waals surface area contributed by atoms with Crippen LogP contribution in [0.5, 0.6) is 0 Å². The van der Waals surface area contributed by atoms with Crippen molar-refractivity contribution in [1.29, 1.82) is 0 Å². The number of rotatable bonds is 7. The molecule has 98 valence electrons. The van der Waals surface area contributed by atoms with Crippen LogP contribution in [0, 0.1) is 5.92 Å². The molecular formula is C11H23N5O. The second-order valence-corrected chi connectivity index (χ2v) is 4.79. The maximum absolute atomic E-state index is 9.25. The first-order valence-electron chi connectivity index (χ1n) is 6.01. The summed E-state index contributed by atoms with van der Waals surface area (Å²) in [6.45, 7) is 6.39. The number of aliphatic hydroxyl groups is 1. The lowest BCUT2D eigenvalue weighted by atomic mass is 9.75. The molecule has 6 heteroatoms. The van der Waals surface area contributed by atoms with E-state index in [0.717, 1.165) is 19.4 Å².